The molecular weight excluding hydrogens is 250 g/mol. The van der Waals surface area contributed by atoms with E-state index in [2.05, 4.69) is 47.8 Å². The lowest BCUT2D eigenvalue weighted by Crippen LogP contribution is -2.28. The molecule has 0 atom stereocenters. The monoisotopic (exact) mass is 277 g/mol. The van der Waals surface area contributed by atoms with Gasteiger partial charge in [-0.3, -0.25) is 0 Å². The molecule has 20 heavy (non-hydrogen) atoms. The minimum absolute atomic E-state index is 0.662. The number of hydrogen-bond acceptors (Lipinski definition) is 4. The predicted molar refractivity (Wildman–Crippen MR) is 85.1 cm³/mol. The van der Waals surface area contributed by atoms with E-state index in [0.29, 0.717) is 12.5 Å². The summed E-state index contributed by atoms with van der Waals surface area (Å²) < 4.78 is 5.15. The number of rotatable bonds is 10. The Kier molecular flexibility index (Phi) is 7.92. The van der Waals surface area contributed by atoms with E-state index in [1.165, 1.54) is 5.56 Å². The zero-order valence-electron chi connectivity index (χ0n) is 12.9. The number of pyridine rings is 1. The van der Waals surface area contributed by atoms with Crippen molar-refractivity contribution in [2.45, 2.75) is 20.4 Å². The van der Waals surface area contributed by atoms with Gasteiger partial charge in [-0.1, -0.05) is 19.9 Å². The van der Waals surface area contributed by atoms with Crippen molar-refractivity contribution in [3.05, 3.63) is 36.5 Å². The normalized spacial score (nSPS) is 10.8. The first-order valence-corrected chi connectivity index (χ1v) is 7.17. The Morgan fingerprint density at radius 3 is 2.95 bits per heavy atom. The Bertz CT molecular complexity index is 393. The van der Waals surface area contributed by atoms with Crippen LogP contribution >= 0.6 is 0 Å². The molecule has 1 aromatic heterocycles. The summed E-state index contributed by atoms with van der Waals surface area (Å²) in [6, 6.07) is 4.19. The first kappa shape index (κ1) is 16.7. The van der Waals surface area contributed by atoms with Crippen LogP contribution in [0.25, 0.3) is 0 Å². The quantitative estimate of drug-likeness (QED) is 0.667. The van der Waals surface area contributed by atoms with Crippen LogP contribution in [-0.2, 0) is 11.3 Å². The number of anilines is 1. The van der Waals surface area contributed by atoms with E-state index in [4.69, 9.17) is 4.74 Å². The maximum Gasteiger partial charge on any atom is 0.129 e. The number of nitrogens with one attached hydrogen (secondary N) is 1. The van der Waals surface area contributed by atoms with Gasteiger partial charge in [-0.25, -0.2) is 4.98 Å². The number of hydrogen-bond donors (Lipinski definition) is 1. The number of nitrogens with zero attached hydrogens (tertiary/aromatic N) is 2. The van der Waals surface area contributed by atoms with Crippen LogP contribution in [0.5, 0.6) is 0 Å². The highest BCUT2D eigenvalue weighted by atomic mass is 16.5. The zero-order chi connectivity index (χ0) is 14.8. The minimum atomic E-state index is 0.662. The number of methoxy groups -OCH3 is 1. The van der Waals surface area contributed by atoms with E-state index < -0.39 is 0 Å². The predicted octanol–water partition coefficient (Wildman–Crippen LogP) is 2.47. The molecule has 1 aromatic rings. The highest BCUT2D eigenvalue weighted by Gasteiger charge is 2.07. The van der Waals surface area contributed by atoms with E-state index >= 15 is 0 Å². The van der Waals surface area contributed by atoms with Crippen LogP contribution in [0, 0.1) is 5.92 Å². The maximum absolute atomic E-state index is 5.15. The molecule has 1 N–H and O–H groups in total. The average molecular weight is 277 g/mol. The second-order valence-electron chi connectivity index (χ2n) is 5.27. The van der Waals surface area contributed by atoms with Crippen LogP contribution < -0.4 is 10.2 Å². The van der Waals surface area contributed by atoms with Crippen molar-refractivity contribution in [2.75, 3.05) is 38.3 Å². The zero-order valence-corrected chi connectivity index (χ0v) is 12.9. The Labute approximate surface area is 122 Å². The van der Waals surface area contributed by atoms with Gasteiger partial charge in [-0.15, -0.1) is 6.58 Å². The van der Waals surface area contributed by atoms with Gasteiger partial charge in [0.2, 0.25) is 0 Å². The molecule has 0 spiro atoms. The molecular formula is C16H27N3O. The average Bonchev–Trinajstić information content (AvgIpc) is 2.43. The van der Waals surface area contributed by atoms with Gasteiger partial charge in [0.25, 0.3) is 0 Å². The van der Waals surface area contributed by atoms with Gasteiger partial charge in [-0.05, 0) is 30.2 Å². The smallest absolute Gasteiger partial charge is 0.129 e. The third-order valence-electron chi connectivity index (χ3n) is 2.93. The van der Waals surface area contributed by atoms with E-state index in [0.717, 1.165) is 32.0 Å². The van der Waals surface area contributed by atoms with Gasteiger partial charge in [-0.2, -0.15) is 0 Å². The van der Waals surface area contributed by atoms with Gasteiger partial charge in [0.1, 0.15) is 5.82 Å². The lowest BCUT2D eigenvalue weighted by Gasteiger charge is -2.22. The van der Waals surface area contributed by atoms with Crippen LogP contribution in [0.1, 0.15) is 19.4 Å². The summed E-state index contributed by atoms with van der Waals surface area (Å²) in [5.74, 6) is 1.64. The van der Waals surface area contributed by atoms with Crippen LogP contribution in [0.2, 0.25) is 0 Å². The summed E-state index contributed by atoms with van der Waals surface area (Å²) in [5.41, 5.74) is 1.25. The molecule has 4 nitrogen and oxygen atoms in total. The molecule has 4 heteroatoms. The first-order chi connectivity index (χ1) is 9.67. The SMILES string of the molecule is C=CCN(CCOC)c1cc(CNCC(C)C)ccn1. The van der Waals surface area contributed by atoms with Crippen molar-refractivity contribution in [3.63, 3.8) is 0 Å². The van der Waals surface area contributed by atoms with E-state index in [1.54, 1.807) is 7.11 Å². The largest absolute Gasteiger partial charge is 0.383 e. The molecule has 112 valence electrons. The highest BCUT2D eigenvalue weighted by Crippen LogP contribution is 2.12. The molecule has 0 amide bonds. The lowest BCUT2D eigenvalue weighted by molar-refractivity contribution is 0.205. The molecule has 0 aliphatic rings. The summed E-state index contributed by atoms with van der Waals surface area (Å²) in [4.78, 5) is 6.62. The van der Waals surface area contributed by atoms with Crippen LogP contribution in [-0.4, -0.2) is 38.3 Å². The molecule has 0 unspecified atom stereocenters. The Morgan fingerprint density at radius 2 is 2.30 bits per heavy atom. The van der Waals surface area contributed by atoms with Crippen molar-refractivity contribution >= 4 is 5.82 Å². The summed E-state index contributed by atoms with van der Waals surface area (Å²) >= 11 is 0. The van der Waals surface area contributed by atoms with Gasteiger partial charge >= 0.3 is 0 Å². The van der Waals surface area contributed by atoms with Gasteiger partial charge in [0.15, 0.2) is 0 Å². The summed E-state index contributed by atoms with van der Waals surface area (Å²) in [7, 11) is 1.71. The molecule has 0 bridgehead atoms. The van der Waals surface area contributed by atoms with Crippen molar-refractivity contribution in [2.24, 2.45) is 5.92 Å². The van der Waals surface area contributed by atoms with Crippen molar-refractivity contribution in [1.29, 1.82) is 0 Å². The number of ether oxygens (including phenoxy) is 1. The third-order valence-corrected chi connectivity index (χ3v) is 2.93. The fraction of sp³-hybridized carbons (Fsp3) is 0.562. The molecule has 0 aliphatic heterocycles. The molecule has 0 aromatic carbocycles. The summed E-state index contributed by atoms with van der Waals surface area (Å²) in [6.45, 7) is 12.4. The second kappa shape index (κ2) is 9.50. The fourth-order valence-corrected chi connectivity index (χ4v) is 1.91. The van der Waals surface area contributed by atoms with Gasteiger partial charge < -0.3 is 15.0 Å². The Balaban J connectivity index is 2.65. The molecule has 0 fully saturated rings. The third kappa shape index (κ3) is 6.17. The van der Waals surface area contributed by atoms with Crippen LogP contribution in [0.15, 0.2) is 31.0 Å². The molecule has 1 heterocycles. The molecule has 0 aliphatic carbocycles. The minimum Gasteiger partial charge on any atom is -0.383 e. The van der Waals surface area contributed by atoms with Gasteiger partial charge in [0, 0.05) is 32.9 Å². The van der Waals surface area contributed by atoms with Crippen molar-refractivity contribution in [3.8, 4) is 0 Å². The summed E-state index contributed by atoms with van der Waals surface area (Å²) in [6.07, 6.45) is 3.76. The van der Waals surface area contributed by atoms with E-state index in [-0.39, 0.29) is 0 Å². The Morgan fingerprint density at radius 1 is 1.50 bits per heavy atom. The molecule has 0 radical (unpaired) electrons. The van der Waals surface area contributed by atoms with E-state index in [1.807, 2.05) is 12.3 Å². The fourth-order valence-electron chi connectivity index (χ4n) is 1.91. The van der Waals surface area contributed by atoms with Crippen LogP contribution in [0.4, 0.5) is 5.82 Å². The highest BCUT2D eigenvalue weighted by molar-refractivity contribution is 5.41. The standard InChI is InChI=1S/C16H27N3O/c1-5-8-19(9-10-20-4)16-11-15(6-7-18-16)13-17-12-14(2)3/h5-7,11,14,17H,1,8-10,12-13H2,2-4H3. The van der Waals surface area contributed by atoms with E-state index in [9.17, 15) is 0 Å². The number of aromatic nitrogens is 1. The second-order valence-corrected chi connectivity index (χ2v) is 5.27. The molecule has 0 saturated heterocycles. The van der Waals surface area contributed by atoms with Crippen molar-refractivity contribution in [1.82, 2.24) is 10.3 Å². The molecule has 0 saturated carbocycles. The first-order valence-electron chi connectivity index (χ1n) is 7.17. The summed E-state index contributed by atoms with van der Waals surface area (Å²) in [5, 5.41) is 3.45. The Hall–Kier alpha value is -1.39. The maximum atomic E-state index is 5.15. The molecule has 1 rings (SSSR count). The lowest BCUT2D eigenvalue weighted by atomic mass is 10.2. The van der Waals surface area contributed by atoms with Crippen LogP contribution in [0.3, 0.4) is 0 Å². The topological polar surface area (TPSA) is 37.4 Å². The van der Waals surface area contributed by atoms with Crippen molar-refractivity contribution < 1.29 is 4.74 Å². The van der Waals surface area contributed by atoms with Gasteiger partial charge in [0.05, 0.1) is 6.61 Å².